The van der Waals surface area contributed by atoms with E-state index in [0.29, 0.717) is 11.3 Å². The number of amides is 1. The third-order valence-corrected chi connectivity index (χ3v) is 2.93. The quantitative estimate of drug-likeness (QED) is 0.742. The lowest BCUT2D eigenvalue weighted by Crippen LogP contribution is -2.44. The number of hydrogen-bond acceptors (Lipinski definition) is 5. The molecular formula is C17H23NO6. The van der Waals surface area contributed by atoms with Crippen LogP contribution in [0.3, 0.4) is 0 Å². The average Bonchev–Trinajstić information content (AvgIpc) is 2.44. The minimum Gasteiger partial charge on any atom is -0.494 e. The predicted octanol–water partition coefficient (Wildman–Crippen LogP) is 2.64. The summed E-state index contributed by atoms with van der Waals surface area (Å²) in [6.45, 7) is 6.63. The molecule has 2 N–H and O–H groups in total. The molecule has 0 spiro atoms. The Morgan fingerprint density at radius 1 is 1.17 bits per heavy atom. The zero-order valence-electron chi connectivity index (χ0n) is 14.3. The number of hydrogen-bond donors (Lipinski definition) is 2. The van der Waals surface area contributed by atoms with E-state index in [1.807, 2.05) is 0 Å². The van der Waals surface area contributed by atoms with Crippen molar-refractivity contribution in [2.24, 2.45) is 0 Å². The highest BCUT2D eigenvalue weighted by atomic mass is 16.6. The normalized spacial score (nSPS) is 12.2. The molecule has 7 nitrogen and oxygen atoms in total. The van der Waals surface area contributed by atoms with Crippen LogP contribution < -0.4 is 10.1 Å². The first-order valence-electron chi connectivity index (χ1n) is 7.54. The van der Waals surface area contributed by atoms with Gasteiger partial charge in [-0.25, -0.2) is 9.59 Å². The maximum Gasteiger partial charge on any atom is 0.408 e. The van der Waals surface area contributed by atoms with Crippen molar-refractivity contribution >= 4 is 17.8 Å². The topological polar surface area (TPSA) is 102 Å². The molecule has 24 heavy (non-hydrogen) atoms. The van der Waals surface area contributed by atoms with E-state index in [1.165, 1.54) is 6.92 Å². The maximum absolute atomic E-state index is 11.6. The number of rotatable bonds is 7. The van der Waals surface area contributed by atoms with Crippen molar-refractivity contribution in [2.75, 3.05) is 6.61 Å². The number of ether oxygens (including phenoxy) is 2. The van der Waals surface area contributed by atoms with E-state index in [0.717, 1.165) is 0 Å². The first kappa shape index (κ1) is 19.5. The largest absolute Gasteiger partial charge is 0.494 e. The smallest absolute Gasteiger partial charge is 0.408 e. The van der Waals surface area contributed by atoms with Crippen LogP contribution in [0.15, 0.2) is 24.3 Å². The molecule has 1 rings (SSSR count). The second-order valence-electron chi connectivity index (χ2n) is 6.25. The molecule has 0 bridgehead atoms. The molecule has 1 atom stereocenters. The number of benzene rings is 1. The second-order valence-corrected chi connectivity index (χ2v) is 6.25. The zero-order valence-corrected chi connectivity index (χ0v) is 14.3. The number of carboxylic acid groups (broad SMARTS) is 1. The lowest BCUT2D eigenvalue weighted by molar-refractivity contribution is -0.139. The van der Waals surface area contributed by atoms with Gasteiger partial charge in [0.15, 0.2) is 5.78 Å². The van der Waals surface area contributed by atoms with Crippen LogP contribution in [0.5, 0.6) is 5.75 Å². The summed E-state index contributed by atoms with van der Waals surface area (Å²) < 4.78 is 10.5. The van der Waals surface area contributed by atoms with Gasteiger partial charge in [0, 0.05) is 12.0 Å². The van der Waals surface area contributed by atoms with Crippen LogP contribution in [0.1, 0.15) is 44.5 Å². The Kier molecular flexibility index (Phi) is 6.76. The molecule has 0 aromatic heterocycles. The van der Waals surface area contributed by atoms with E-state index >= 15 is 0 Å². The molecule has 1 aromatic rings. The van der Waals surface area contributed by atoms with Crippen molar-refractivity contribution < 1.29 is 29.0 Å². The molecule has 7 heteroatoms. The summed E-state index contributed by atoms with van der Waals surface area (Å²) in [6, 6.07) is 5.41. The van der Waals surface area contributed by atoms with Crippen molar-refractivity contribution in [3.63, 3.8) is 0 Å². The second kappa shape index (κ2) is 8.33. The average molecular weight is 337 g/mol. The highest BCUT2D eigenvalue weighted by molar-refractivity contribution is 5.94. The Morgan fingerprint density at radius 2 is 1.75 bits per heavy atom. The minimum absolute atomic E-state index is 0.0472. The summed E-state index contributed by atoms with van der Waals surface area (Å²) in [5.41, 5.74) is -0.139. The van der Waals surface area contributed by atoms with Gasteiger partial charge in [0.05, 0.1) is 6.61 Å². The molecule has 0 heterocycles. The number of carboxylic acids is 1. The van der Waals surface area contributed by atoms with Gasteiger partial charge in [-0.3, -0.25) is 4.79 Å². The fraction of sp³-hybridized carbons (Fsp3) is 0.471. The number of aliphatic carboxylic acids is 1. The highest BCUT2D eigenvalue weighted by Crippen LogP contribution is 2.13. The molecule has 1 amide bonds. The standard InChI is InChI=1S/C17H23NO6/c1-11(19)12-5-7-13(8-6-12)23-10-9-14(15(20)21)18-16(22)24-17(2,3)4/h5-8,14H,9-10H2,1-4H3,(H,18,22)(H,20,21). The zero-order chi connectivity index (χ0) is 18.3. The summed E-state index contributed by atoms with van der Waals surface area (Å²) >= 11 is 0. The maximum atomic E-state index is 11.6. The monoisotopic (exact) mass is 337 g/mol. The highest BCUT2D eigenvalue weighted by Gasteiger charge is 2.23. The van der Waals surface area contributed by atoms with E-state index in [9.17, 15) is 14.4 Å². The number of carbonyl (C=O) groups excluding carboxylic acids is 2. The van der Waals surface area contributed by atoms with Gasteiger partial charge >= 0.3 is 12.1 Å². The van der Waals surface area contributed by atoms with E-state index in [2.05, 4.69) is 5.32 Å². The van der Waals surface area contributed by atoms with Crippen LogP contribution >= 0.6 is 0 Å². The van der Waals surface area contributed by atoms with E-state index < -0.39 is 23.7 Å². The van der Waals surface area contributed by atoms with E-state index in [1.54, 1.807) is 45.0 Å². The Bertz CT molecular complexity index is 588. The first-order chi connectivity index (χ1) is 11.1. The van der Waals surface area contributed by atoms with Crippen molar-refractivity contribution in [3.8, 4) is 5.75 Å². The predicted molar refractivity (Wildman–Crippen MR) is 87.4 cm³/mol. The summed E-state index contributed by atoms with van der Waals surface area (Å²) in [6.07, 6.45) is -0.719. The minimum atomic E-state index is -1.17. The van der Waals surface area contributed by atoms with Gasteiger partial charge in [0.1, 0.15) is 17.4 Å². The van der Waals surface area contributed by atoms with Crippen molar-refractivity contribution in [3.05, 3.63) is 29.8 Å². The van der Waals surface area contributed by atoms with Gasteiger partial charge in [-0.15, -0.1) is 0 Å². The van der Waals surface area contributed by atoms with Crippen molar-refractivity contribution in [1.29, 1.82) is 0 Å². The van der Waals surface area contributed by atoms with Crippen LogP contribution in [0.4, 0.5) is 4.79 Å². The fourth-order valence-electron chi connectivity index (χ4n) is 1.79. The summed E-state index contributed by atoms with van der Waals surface area (Å²) in [5, 5.41) is 11.4. The molecule has 0 aliphatic carbocycles. The van der Waals surface area contributed by atoms with E-state index in [-0.39, 0.29) is 18.8 Å². The molecule has 132 valence electrons. The van der Waals surface area contributed by atoms with Crippen molar-refractivity contribution in [1.82, 2.24) is 5.32 Å². The van der Waals surface area contributed by atoms with Crippen LogP contribution in [0.25, 0.3) is 0 Å². The number of Topliss-reactive ketones (excluding diaryl/α,β-unsaturated/α-hetero) is 1. The molecule has 1 aromatic carbocycles. The number of carbonyl (C=O) groups is 3. The Balaban J connectivity index is 2.50. The number of nitrogens with one attached hydrogen (secondary N) is 1. The molecule has 0 saturated heterocycles. The Labute approximate surface area is 141 Å². The van der Waals surface area contributed by atoms with E-state index in [4.69, 9.17) is 14.6 Å². The molecule has 0 aliphatic heterocycles. The van der Waals surface area contributed by atoms with Crippen LogP contribution in [-0.4, -0.2) is 41.2 Å². The van der Waals surface area contributed by atoms with Gasteiger partial charge in [-0.2, -0.15) is 0 Å². The summed E-state index contributed by atoms with van der Waals surface area (Å²) in [4.78, 5) is 34.0. The Hall–Kier alpha value is -2.57. The third kappa shape index (κ3) is 7.13. The first-order valence-corrected chi connectivity index (χ1v) is 7.54. The van der Waals surface area contributed by atoms with Crippen LogP contribution in [-0.2, 0) is 9.53 Å². The van der Waals surface area contributed by atoms with Gasteiger partial charge in [-0.05, 0) is 52.0 Å². The third-order valence-electron chi connectivity index (χ3n) is 2.93. The molecule has 0 radical (unpaired) electrons. The Morgan fingerprint density at radius 3 is 2.21 bits per heavy atom. The van der Waals surface area contributed by atoms with Gasteiger partial charge in [0.25, 0.3) is 0 Å². The molecule has 1 unspecified atom stereocenters. The fourth-order valence-corrected chi connectivity index (χ4v) is 1.79. The van der Waals surface area contributed by atoms with Gasteiger partial charge in [-0.1, -0.05) is 0 Å². The summed E-state index contributed by atoms with van der Waals surface area (Å²) in [7, 11) is 0. The SMILES string of the molecule is CC(=O)c1ccc(OCCC(NC(=O)OC(C)(C)C)C(=O)O)cc1. The van der Waals surface area contributed by atoms with Crippen LogP contribution in [0.2, 0.25) is 0 Å². The lowest BCUT2D eigenvalue weighted by atomic mass is 10.1. The van der Waals surface area contributed by atoms with Crippen LogP contribution in [0, 0.1) is 0 Å². The van der Waals surface area contributed by atoms with Crippen molar-refractivity contribution in [2.45, 2.75) is 45.8 Å². The molecular weight excluding hydrogens is 314 g/mol. The molecule has 0 aliphatic rings. The molecule has 0 saturated carbocycles. The van der Waals surface area contributed by atoms with Gasteiger partial charge < -0.3 is 19.9 Å². The summed E-state index contributed by atoms with van der Waals surface area (Å²) in [5.74, 6) is -0.702. The lowest BCUT2D eigenvalue weighted by Gasteiger charge is -2.22. The van der Waals surface area contributed by atoms with Gasteiger partial charge in [0.2, 0.25) is 0 Å². The number of ketones is 1. The number of alkyl carbamates (subject to hydrolysis) is 1. The molecule has 0 fully saturated rings.